The minimum Gasteiger partial charge on any atom is -0.357 e. The Morgan fingerprint density at radius 2 is 1.96 bits per heavy atom. The van der Waals surface area contributed by atoms with E-state index in [-0.39, 0.29) is 24.0 Å². The van der Waals surface area contributed by atoms with Crippen LogP contribution in [0.3, 0.4) is 0 Å². The number of aliphatic imine (C=N–C) groups is 1. The van der Waals surface area contributed by atoms with E-state index >= 15 is 0 Å². The third-order valence-electron chi connectivity index (χ3n) is 4.40. The first-order valence-electron chi connectivity index (χ1n) is 9.81. The summed E-state index contributed by atoms with van der Waals surface area (Å²) in [6.07, 6.45) is 2.67. The molecule has 0 unspecified atom stereocenters. The van der Waals surface area contributed by atoms with Crippen LogP contribution in [-0.2, 0) is 26.1 Å². The summed E-state index contributed by atoms with van der Waals surface area (Å²) in [5, 5.41) is 14.8. The van der Waals surface area contributed by atoms with Gasteiger partial charge in [0, 0.05) is 32.6 Å². The third-order valence-corrected chi connectivity index (χ3v) is 4.40. The molecule has 0 aliphatic heterocycles. The summed E-state index contributed by atoms with van der Waals surface area (Å²) in [4.78, 5) is 7.02. The first-order chi connectivity index (χ1) is 13.2. The Balaban J connectivity index is 0.00000392. The highest BCUT2D eigenvalue weighted by molar-refractivity contribution is 14.0. The first-order valence-corrected chi connectivity index (χ1v) is 9.81. The highest BCUT2D eigenvalue weighted by Gasteiger charge is 2.03. The molecule has 0 saturated carbocycles. The van der Waals surface area contributed by atoms with Crippen LogP contribution in [0, 0.1) is 0 Å². The van der Waals surface area contributed by atoms with Crippen LogP contribution in [-0.4, -0.2) is 52.3 Å². The molecule has 2 N–H and O–H groups in total. The maximum Gasteiger partial charge on any atom is 0.191 e. The van der Waals surface area contributed by atoms with Crippen LogP contribution in [0.4, 0.5) is 0 Å². The number of nitrogens with one attached hydrogen (secondary N) is 2. The molecular weight excluding hydrogens is 465 g/mol. The zero-order valence-electron chi connectivity index (χ0n) is 17.5. The highest BCUT2D eigenvalue weighted by atomic mass is 127. The molecular formula is C20H34IN7. The molecule has 2 rings (SSSR count). The van der Waals surface area contributed by atoms with Gasteiger partial charge in [0.05, 0.1) is 6.54 Å². The second-order valence-corrected chi connectivity index (χ2v) is 6.57. The molecule has 0 atom stereocenters. The molecule has 0 fully saturated rings. The number of rotatable bonds is 10. The summed E-state index contributed by atoms with van der Waals surface area (Å²) < 4.78 is 2.07. The lowest BCUT2D eigenvalue weighted by atomic mass is 10.1. The van der Waals surface area contributed by atoms with Crippen LogP contribution in [0.1, 0.15) is 37.7 Å². The zero-order valence-corrected chi connectivity index (χ0v) is 19.8. The van der Waals surface area contributed by atoms with Gasteiger partial charge >= 0.3 is 0 Å². The Morgan fingerprint density at radius 3 is 2.68 bits per heavy atom. The number of benzene rings is 1. The average Bonchev–Trinajstić information content (AvgIpc) is 3.13. The number of aromatic nitrogens is 3. The van der Waals surface area contributed by atoms with Crippen LogP contribution in [0.2, 0.25) is 0 Å². The first kappa shape index (κ1) is 24.4. The molecule has 0 aliphatic rings. The molecule has 0 aliphatic carbocycles. The van der Waals surface area contributed by atoms with Gasteiger partial charge in [-0.25, -0.2) is 4.99 Å². The molecule has 1 aromatic carbocycles. The topological polar surface area (TPSA) is 70.4 Å². The molecule has 2 aromatic rings. The number of nitrogens with zero attached hydrogens (tertiary/aromatic N) is 5. The van der Waals surface area contributed by atoms with E-state index in [1.165, 1.54) is 11.1 Å². The molecule has 0 spiro atoms. The van der Waals surface area contributed by atoms with Gasteiger partial charge in [-0.3, -0.25) is 0 Å². The van der Waals surface area contributed by atoms with Gasteiger partial charge in [0.1, 0.15) is 12.2 Å². The van der Waals surface area contributed by atoms with Crippen LogP contribution in [0.25, 0.3) is 0 Å². The summed E-state index contributed by atoms with van der Waals surface area (Å²) in [5.41, 5.74) is 2.55. The van der Waals surface area contributed by atoms with Crippen LogP contribution in [0.15, 0.2) is 35.6 Å². The Bertz CT molecular complexity index is 714. The fraction of sp³-hybridized carbons (Fsp3) is 0.550. The Morgan fingerprint density at radius 1 is 1.18 bits per heavy atom. The van der Waals surface area contributed by atoms with Crippen LogP contribution >= 0.6 is 24.0 Å². The lowest BCUT2D eigenvalue weighted by molar-refractivity contribution is 0.345. The van der Waals surface area contributed by atoms with Crippen molar-refractivity contribution in [1.82, 2.24) is 30.3 Å². The van der Waals surface area contributed by atoms with Gasteiger partial charge < -0.3 is 20.1 Å². The minimum atomic E-state index is 0. The van der Waals surface area contributed by atoms with Gasteiger partial charge in [0.15, 0.2) is 5.96 Å². The van der Waals surface area contributed by atoms with Gasteiger partial charge in [-0.2, -0.15) is 0 Å². The predicted molar refractivity (Wildman–Crippen MR) is 126 cm³/mol. The second kappa shape index (κ2) is 13.5. The Kier molecular flexibility index (Phi) is 11.7. The molecule has 0 amide bonds. The number of halogens is 1. The summed E-state index contributed by atoms with van der Waals surface area (Å²) in [6, 6.07) is 8.66. The van der Waals surface area contributed by atoms with E-state index in [0.717, 1.165) is 50.9 Å². The smallest absolute Gasteiger partial charge is 0.191 e. The maximum absolute atomic E-state index is 4.73. The van der Waals surface area contributed by atoms with Crippen LogP contribution < -0.4 is 10.6 Å². The summed E-state index contributed by atoms with van der Waals surface area (Å²) >= 11 is 0. The summed E-state index contributed by atoms with van der Waals surface area (Å²) in [5.74, 6) is 1.84. The molecule has 1 heterocycles. The SMILES string of the molecule is CCNC(=NCc1cccc(CN(C)CC)c1)NCCn1cnnc1CC.I. The van der Waals surface area contributed by atoms with Crippen molar-refractivity contribution in [3.63, 3.8) is 0 Å². The lowest BCUT2D eigenvalue weighted by Gasteiger charge is -2.14. The second-order valence-electron chi connectivity index (χ2n) is 6.57. The molecule has 0 bridgehead atoms. The van der Waals surface area contributed by atoms with Crippen molar-refractivity contribution >= 4 is 29.9 Å². The average molecular weight is 499 g/mol. The van der Waals surface area contributed by atoms with E-state index in [2.05, 4.69) is 82.4 Å². The lowest BCUT2D eigenvalue weighted by Crippen LogP contribution is -2.38. The van der Waals surface area contributed by atoms with Crippen molar-refractivity contribution in [2.75, 3.05) is 26.7 Å². The van der Waals surface area contributed by atoms with Crippen molar-refractivity contribution in [3.05, 3.63) is 47.5 Å². The number of guanidine groups is 1. The molecule has 28 heavy (non-hydrogen) atoms. The largest absolute Gasteiger partial charge is 0.357 e. The monoisotopic (exact) mass is 499 g/mol. The highest BCUT2D eigenvalue weighted by Crippen LogP contribution is 2.08. The molecule has 0 radical (unpaired) electrons. The zero-order chi connectivity index (χ0) is 19.5. The van der Waals surface area contributed by atoms with Crippen molar-refractivity contribution < 1.29 is 0 Å². The molecule has 1 aromatic heterocycles. The quantitative estimate of drug-likeness (QED) is 0.299. The van der Waals surface area contributed by atoms with Crippen molar-refractivity contribution in [2.45, 2.75) is 46.8 Å². The standard InChI is InChI=1S/C20H33N7.HI/c1-5-19-25-24-16-27(19)12-11-22-20(21-6-2)23-14-17-9-8-10-18(13-17)15-26(4)7-3;/h8-10,13,16H,5-7,11-12,14-15H2,1-4H3,(H2,21,22,23);1H. The van der Waals surface area contributed by atoms with Gasteiger partial charge in [-0.05, 0) is 31.6 Å². The molecule has 8 heteroatoms. The number of hydrogen-bond acceptors (Lipinski definition) is 4. The van der Waals surface area contributed by atoms with Gasteiger partial charge in [0.25, 0.3) is 0 Å². The van der Waals surface area contributed by atoms with Gasteiger partial charge in [-0.15, -0.1) is 34.2 Å². The van der Waals surface area contributed by atoms with E-state index in [1.54, 1.807) is 6.33 Å². The molecule has 7 nitrogen and oxygen atoms in total. The Hall–Kier alpha value is -1.68. The third kappa shape index (κ3) is 8.14. The fourth-order valence-corrected chi connectivity index (χ4v) is 2.80. The van der Waals surface area contributed by atoms with Crippen LogP contribution in [0.5, 0.6) is 0 Å². The van der Waals surface area contributed by atoms with Crippen molar-refractivity contribution in [1.29, 1.82) is 0 Å². The predicted octanol–water partition coefficient (Wildman–Crippen LogP) is 2.67. The van der Waals surface area contributed by atoms with E-state index in [1.807, 2.05) is 0 Å². The van der Waals surface area contributed by atoms with Gasteiger partial charge in [-0.1, -0.05) is 38.1 Å². The van der Waals surface area contributed by atoms with E-state index in [0.29, 0.717) is 6.54 Å². The van der Waals surface area contributed by atoms with E-state index in [4.69, 9.17) is 4.99 Å². The summed E-state index contributed by atoms with van der Waals surface area (Å²) in [7, 11) is 2.14. The fourth-order valence-electron chi connectivity index (χ4n) is 2.80. The van der Waals surface area contributed by atoms with Crippen molar-refractivity contribution in [2.24, 2.45) is 4.99 Å². The van der Waals surface area contributed by atoms with Gasteiger partial charge in [0.2, 0.25) is 0 Å². The van der Waals surface area contributed by atoms with Crippen molar-refractivity contribution in [3.8, 4) is 0 Å². The maximum atomic E-state index is 4.73. The minimum absolute atomic E-state index is 0. The molecule has 156 valence electrons. The Labute approximate surface area is 186 Å². The molecule has 0 saturated heterocycles. The van der Waals surface area contributed by atoms with E-state index < -0.39 is 0 Å². The number of aryl methyl sites for hydroxylation is 1. The van der Waals surface area contributed by atoms with E-state index in [9.17, 15) is 0 Å². The normalized spacial score (nSPS) is 11.4. The number of hydrogen-bond donors (Lipinski definition) is 2. The summed E-state index contributed by atoms with van der Waals surface area (Å²) in [6.45, 7) is 11.4.